The third kappa shape index (κ3) is 4.85. The zero-order chi connectivity index (χ0) is 25.4. The first-order valence-electron chi connectivity index (χ1n) is 11.3. The van der Waals surface area contributed by atoms with Crippen molar-refractivity contribution in [1.29, 1.82) is 0 Å². The number of hydrogen-bond acceptors (Lipinski definition) is 8. The van der Waals surface area contributed by atoms with Crippen LogP contribution in [0.1, 0.15) is 30.7 Å². The molecule has 0 aliphatic heterocycles. The van der Waals surface area contributed by atoms with Crippen LogP contribution in [0.25, 0.3) is 22.3 Å². The summed E-state index contributed by atoms with van der Waals surface area (Å²) in [5, 5.41) is 6.45. The maximum atomic E-state index is 14.2. The first kappa shape index (κ1) is 23.7. The van der Waals surface area contributed by atoms with Gasteiger partial charge in [0.2, 0.25) is 0 Å². The molecule has 0 atom stereocenters. The van der Waals surface area contributed by atoms with Crippen molar-refractivity contribution < 1.29 is 13.9 Å². The third-order valence-corrected chi connectivity index (χ3v) is 6.27. The van der Waals surface area contributed by atoms with Crippen molar-refractivity contribution in [3.63, 3.8) is 0 Å². The molecule has 0 spiro atoms. The highest BCUT2D eigenvalue weighted by atomic mass is 32.1. The summed E-state index contributed by atoms with van der Waals surface area (Å²) in [5.41, 5.74) is 8.09. The Bertz CT molecular complexity index is 1540. The molecule has 0 aliphatic rings. The van der Waals surface area contributed by atoms with Crippen molar-refractivity contribution in [3.05, 3.63) is 70.7 Å². The van der Waals surface area contributed by atoms with E-state index in [1.54, 1.807) is 24.4 Å². The molecule has 0 saturated heterocycles. The molecule has 2 N–H and O–H groups in total. The van der Waals surface area contributed by atoms with Crippen molar-refractivity contribution in [1.82, 2.24) is 24.7 Å². The topological polar surface area (TPSA) is 101 Å². The minimum absolute atomic E-state index is 0.295. The van der Waals surface area contributed by atoms with Gasteiger partial charge in [0.05, 0.1) is 20.8 Å². The number of nitrogen functional groups attached to an aromatic ring is 1. The number of nitrogens with two attached hydrogens (primary N) is 1. The van der Waals surface area contributed by atoms with Gasteiger partial charge in [0.25, 0.3) is 0 Å². The molecule has 0 bridgehead atoms. The number of fused-ring (bicyclic) bond motifs is 1. The van der Waals surface area contributed by atoms with Crippen molar-refractivity contribution >= 4 is 28.2 Å². The van der Waals surface area contributed by atoms with Gasteiger partial charge in [-0.25, -0.2) is 24.0 Å². The highest BCUT2D eigenvalue weighted by Crippen LogP contribution is 2.34. The van der Waals surface area contributed by atoms with Gasteiger partial charge in [-0.1, -0.05) is 0 Å². The molecule has 0 aliphatic carbocycles. The lowest BCUT2D eigenvalue weighted by atomic mass is 10.1. The summed E-state index contributed by atoms with van der Waals surface area (Å²) in [6.07, 6.45) is 3.20. The quantitative estimate of drug-likeness (QED) is 0.298. The van der Waals surface area contributed by atoms with Crippen LogP contribution in [0.3, 0.4) is 0 Å². The van der Waals surface area contributed by atoms with Gasteiger partial charge in [0.15, 0.2) is 5.65 Å². The average Bonchev–Trinajstić information content (AvgIpc) is 3.42. The monoisotopic (exact) mass is 504 g/mol. The average molecular weight is 505 g/mol. The number of rotatable bonds is 6. The van der Waals surface area contributed by atoms with Gasteiger partial charge < -0.3 is 15.2 Å². The summed E-state index contributed by atoms with van der Waals surface area (Å²) in [6.45, 7) is 8.38. The van der Waals surface area contributed by atoms with E-state index in [2.05, 4.69) is 15.0 Å². The number of aromatic nitrogens is 5. The molecule has 184 valence electrons. The molecule has 3 heterocycles. The van der Waals surface area contributed by atoms with Crippen molar-refractivity contribution in [2.45, 2.75) is 39.8 Å². The maximum Gasteiger partial charge on any atom is 0.164 e. The third-order valence-electron chi connectivity index (χ3n) is 5.39. The Morgan fingerprint density at radius 3 is 2.44 bits per heavy atom. The van der Waals surface area contributed by atoms with Crippen molar-refractivity contribution in [2.24, 2.45) is 0 Å². The molecule has 0 radical (unpaired) electrons. The fraction of sp³-hybridized carbons (Fsp3) is 0.231. The zero-order valence-electron chi connectivity index (χ0n) is 20.3. The second kappa shape index (κ2) is 9.19. The van der Waals surface area contributed by atoms with E-state index < -0.39 is 5.82 Å². The summed E-state index contributed by atoms with van der Waals surface area (Å²) in [5.74, 6) is 1.17. The summed E-state index contributed by atoms with van der Waals surface area (Å²) < 4.78 is 27.7. The Kier molecular flexibility index (Phi) is 6.05. The molecular formula is C26H25FN6O2S. The van der Waals surface area contributed by atoms with E-state index in [9.17, 15) is 4.39 Å². The van der Waals surface area contributed by atoms with Crippen molar-refractivity contribution in [3.8, 4) is 28.5 Å². The van der Waals surface area contributed by atoms with Gasteiger partial charge >= 0.3 is 0 Å². The molecule has 2 aromatic carbocycles. The summed E-state index contributed by atoms with van der Waals surface area (Å²) >= 11 is 1.54. The minimum atomic E-state index is -0.450. The number of hydrogen-bond donors (Lipinski definition) is 1. The molecule has 0 fully saturated rings. The number of anilines is 1. The van der Waals surface area contributed by atoms with Gasteiger partial charge in [-0.3, -0.25) is 0 Å². The minimum Gasteiger partial charge on any atom is -0.488 e. The molecule has 3 aromatic heterocycles. The highest BCUT2D eigenvalue weighted by molar-refractivity contribution is 7.11. The first-order valence-corrected chi connectivity index (χ1v) is 12.1. The van der Waals surface area contributed by atoms with E-state index in [0.29, 0.717) is 46.4 Å². The summed E-state index contributed by atoms with van der Waals surface area (Å²) in [4.78, 5) is 13.7. The Labute approximate surface area is 211 Å². The maximum absolute atomic E-state index is 14.2. The first-order chi connectivity index (χ1) is 17.2. The molecular weight excluding hydrogens is 479 g/mol. The predicted octanol–water partition coefficient (Wildman–Crippen LogP) is 6.11. The van der Waals surface area contributed by atoms with Crippen LogP contribution >= 0.6 is 11.3 Å². The van der Waals surface area contributed by atoms with E-state index in [1.807, 2.05) is 44.5 Å². The van der Waals surface area contributed by atoms with Crippen molar-refractivity contribution in [2.75, 3.05) is 5.73 Å². The molecule has 5 aromatic rings. The van der Waals surface area contributed by atoms with Gasteiger partial charge in [-0.2, -0.15) is 5.10 Å². The van der Waals surface area contributed by atoms with Crippen LogP contribution in [-0.2, 0) is 12.1 Å². The Balaban J connectivity index is 1.39. The van der Waals surface area contributed by atoms with E-state index in [4.69, 9.17) is 20.3 Å². The lowest BCUT2D eigenvalue weighted by Gasteiger charge is -2.19. The Hall–Kier alpha value is -4.05. The summed E-state index contributed by atoms with van der Waals surface area (Å²) in [6, 6.07) is 11.6. The van der Waals surface area contributed by atoms with Crippen LogP contribution in [0.4, 0.5) is 10.2 Å². The molecule has 0 amide bonds. The van der Waals surface area contributed by atoms with Gasteiger partial charge in [0, 0.05) is 30.0 Å². The number of aryl methyl sites for hydroxylation is 1. The second-order valence-corrected chi connectivity index (χ2v) is 10.6. The van der Waals surface area contributed by atoms with Crippen LogP contribution in [0, 0.1) is 12.7 Å². The van der Waals surface area contributed by atoms with Crippen LogP contribution in [0.15, 0.2) is 55.0 Å². The predicted molar refractivity (Wildman–Crippen MR) is 138 cm³/mol. The van der Waals surface area contributed by atoms with E-state index >= 15 is 0 Å². The Morgan fingerprint density at radius 2 is 1.75 bits per heavy atom. The fourth-order valence-electron chi connectivity index (χ4n) is 3.77. The van der Waals surface area contributed by atoms with Crippen LogP contribution in [0.5, 0.6) is 17.2 Å². The van der Waals surface area contributed by atoms with Crippen LogP contribution in [0.2, 0.25) is 0 Å². The van der Waals surface area contributed by atoms with E-state index in [1.165, 1.54) is 29.8 Å². The zero-order valence-corrected chi connectivity index (χ0v) is 21.1. The lowest BCUT2D eigenvalue weighted by Crippen LogP contribution is -2.23. The Morgan fingerprint density at radius 1 is 1.00 bits per heavy atom. The second-order valence-electron chi connectivity index (χ2n) is 9.27. The normalized spacial score (nSPS) is 11.7. The fourth-order valence-corrected chi connectivity index (χ4v) is 4.48. The summed E-state index contributed by atoms with van der Waals surface area (Å²) in [7, 11) is 0. The molecule has 0 unspecified atom stereocenters. The smallest absolute Gasteiger partial charge is 0.164 e. The molecule has 36 heavy (non-hydrogen) atoms. The number of halogens is 1. The molecule has 5 rings (SSSR count). The van der Waals surface area contributed by atoms with Crippen LogP contribution < -0.4 is 15.2 Å². The largest absolute Gasteiger partial charge is 0.488 e. The molecule has 0 saturated carbocycles. The highest BCUT2D eigenvalue weighted by Gasteiger charge is 2.23. The SMILES string of the molecule is Cc1ncc(COc2cc(F)cc(Oc3ccc(-c4nn(C(C)(C)C)c5ncnc(N)c45)cc3)c2)s1. The van der Waals surface area contributed by atoms with E-state index in [-0.39, 0.29) is 5.54 Å². The lowest BCUT2D eigenvalue weighted by molar-refractivity contribution is 0.306. The number of nitrogens with zero attached hydrogens (tertiary/aromatic N) is 5. The van der Waals surface area contributed by atoms with Gasteiger partial charge in [0.1, 0.15) is 47.5 Å². The number of thiazole rings is 1. The molecule has 10 heteroatoms. The number of benzene rings is 2. The number of ether oxygens (including phenoxy) is 2. The van der Waals surface area contributed by atoms with Crippen LogP contribution in [-0.4, -0.2) is 24.7 Å². The molecule has 8 nitrogen and oxygen atoms in total. The standard InChI is InChI=1S/C26H25FN6O2S/c1-15-29-12-21(36-15)13-34-19-9-17(27)10-20(11-19)35-18-7-5-16(6-8-18)23-22-24(28)30-14-31-25(22)33(32-23)26(2,3)4/h5-12,14H,13H2,1-4H3,(H2,28,30,31). The van der Waals surface area contributed by atoms with E-state index in [0.717, 1.165) is 15.4 Å². The van der Waals surface area contributed by atoms with Gasteiger partial charge in [-0.15, -0.1) is 11.3 Å². The van der Waals surface area contributed by atoms with Gasteiger partial charge in [-0.05, 0) is 52.0 Å².